The van der Waals surface area contributed by atoms with Crippen LogP contribution < -0.4 is 4.72 Å². The zero-order valence-electron chi connectivity index (χ0n) is 11.8. The van der Waals surface area contributed by atoms with E-state index in [1.54, 1.807) is 4.90 Å². The Kier molecular flexibility index (Phi) is 4.09. The summed E-state index contributed by atoms with van der Waals surface area (Å²) in [6.45, 7) is 5.02. The Balaban J connectivity index is 1.96. The van der Waals surface area contributed by atoms with Crippen molar-refractivity contribution in [2.24, 2.45) is 0 Å². The summed E-state index contributed by atoms with van der Waals surface area (Å²) in [6, 6.07) is 0.126. The first-order valence-electron chi connectivity index (χ1n) is 6.40. The Morgan fingerprint density at radius 3 is 2.80 bits per heavy atom. The second-order valence-electron chi connectivity index (χ2n) is 5.07. The molecule has 0 spiro atoms. The average molecular weight is 301 g/mol. The van der Waals surface area contributed by atoms with Crippen molar-refractivity contribution >= 4 is 15.9 Å². The number of carbonyl (C=O) groups excluding carboxylic acids is 1. The van der Waals surface area contributed by atoms with Crippen LogP contribution in [-0.2, 0) is 21.4 Å². The van der Waals surface area contributed by atoms with E-state index in [9.17, 15) is 13.2 Å². The molecule has 112 valence electrons. The highest BCUT2D eigenvalue weighted by Gasteiger charge is 2.27. The molecule has 1 aromatic heterocycles. The topological polar surface area (TPSA) is 97.2 Å². The van der Waals surface area contributed by atoms with Crippen LogP contribution in [0.2, 0.25) is 0 Å². The molecule has 0 aromatic carbocycles. The summed E-state index contributed by atoms with van der Waals surface area (Å²) < 4.78 is 26.2. The van der Waals surface area contributed by atoms with Crippen molar-refractivity contribution in [3.05, 3.63) is 11.6 Å². The summed E-state index contributed by atoms with van der Waals surface area (Å²) in [7, 11) is -3.25. The van der Waals surface area contributed by atoms with Crippen molar-refractivity contribution in [3.8, 4) is 0 Å². The number of nitrogens with one attached hydrogen (secondary N) is 1. The molecular weight excluding hydrogens is 282 g/mol. The largest absolute Gasteiger partial charge is 0.333 e. The number of aromatic nitrogens is 3. The lowest BCUT2D eigenvalue weighted by Gasteiger charge is -2.32. The molecule has 1 aromatic rings. The predicted octanol–water partition coefficient (Wildman–Crippen LogP) is -0.571. The monoisotopic (exact) mass is 301 g/mol. The van der Waals surface area contributed by atoms with Crippen molar-refractivity contribution in [1.82, 2.24) is 24.4 Å². The smallest absolute Gasteiger partial charge is 0.224 e. The van der Waals surface area contributed by atoms with Gasteiger partial charge in [0, 0.05) is 19.5 Å². The summed E-state index contributed by atoms with van der Waals surface area (Å²) >= 11 is 0. The van der Waals surface area contributed by atoms with Crippen molar-refractivity contribution in [2.75, 3.05) is 19.3 Å². The normalized spacial score (nSPS) is 18.9. The molecule has 0 aliphatic carbocycles. The Bertz CT molecular complexity index is 610. The van der Waals surface area contributed by atoms with Crippen LogP contribution in [0, 0.1) is 6.92 Å². The summed E-state index contributed by atoms with van der Waals surface area (Å²) in [6.07, 6.45) is 1.22. The van der Waals surface area contributed by atoms with Gasteiger partial charge in [0.2, 0.25) is 15.9 Å². The standard InChI is InChI=1S/C11H19N5O3S/c1-8-6-15(7-10-14-13-9(2)16(8)10)11(17)4-5-12-20(3,18)19/h8,12H,4-7H2,1-3H3/t8-/m1/s1. The van der Waals surface area contributed by atoms with E-state index >= 15 is 0 Å². The molecule has 1 atom stereocenters. The zero-order valence-corrected chi connectivity index (χ0v) is 12.6. The molecule has 2 rings (SSSR count). The van der Waals surface area contributed by atoms with E-state index in [4.69, 9.17) is 0 Å². The first-order valence-corrected chi connectivity index (χ1v) is 8.30. The third-order valence-electron chi connectivity index (χ3n) is 3.25. The highest BCUT2D eigenvalue weighted by Crippen LogP contribution is 2.21. The van der Waals surface area contributed by atoms with Gasteiger partial charge in [-0.15, -0.1) is 10.2 Å². The molecule has 9 heteroatoms. The summed E-state index contributed by atoms with van der Waals surface area (Å²) in [5, 5.41) is 8.09. The Morgan fingerprint density at radius 2 is 2.15 bits per heavy atom. The Labute approximate surface area is 118 Å². The third kappa shape index (κ3) is 3.34. The minimum atomic E-state index is -3.25. The van der Waals surface area contributed by atoms with E-state index in [0.29, 0.717) is 13.1 Å². The summed E-state index contributed by atoms with van der Waals surface area (Å²) in [5.74, 6) is 1.53. The molecule has 0 saturated heterocycles. The van der Waals surface area contributed by atoms with Crippen LogP contribution in [0.1, 0.15) is 31.0 Å². The number of fused-ring (bicyclic) bond motifs is 1. The molecule has 8 nitrogen and oxygen atoms in total. The maximum Gasteiger partial charge on any atom is 0.224 e. The molecule has 2 heterocycles. The third-order valence-corrected chi connectivity index (χ3v) is 3.98. The van der Waals surface area contributed by atoms with Crippen LogP contribution in [0.15, 0.2) is 0 Å². The fraction of sp³-hybridized carbons (Fsp3) is 0.727. The van der Waals surface area contributed by atoms with Crippen LogP contribution in [0.25, 0.3) is 0 Å². The van der Waals surface area contributed by atoms with Gasteiger partial charge in [-0.1, -0.05) is 0 Å². The molecule has 20 heavy (non-hydrogen) atoms. The molecule has 1 aliphatic heterocycles. The van der Waals surface area contributed by atoms with Crippen LogP contribution >= 0.6 is 0 Å². The van der Waals surface area contributed by atoms with Gasteiger partial charge in [0.25, 0.3) is 0 Å². The van der Waals surface area contributed by atoms with Gasteiger partial charge < -0.3 is 9.47 Å². The van der Waals surface area contributed by atoms with Gasteiger partial charge in [-0.05, 0) is 13.8 Å². The minimum Gasteiger partial charge on any atom is -0.333 e. The summed E-state index contributed by atoms with van der Waals surface area (Å²) in [5.41, 5.74) is 0. The number of carbonyl (C=O) groups is 1. The van der Waals surface area contributed by atoms with Gasteiger partial charge in [-0.3, -0.25) is 4.79 Å². The molecule has 1 amide bonds. The minimum absolute atomic E-state index is 0.0834. The van der Waals surface area contributed by atoms with Crippen molar-refractivity contribution in [3.63, 3.8) is 0 Å². The molecule has 1 aliphatic rings. The fourth-order valence-corrected chi connectivity index (χ4v) is 2.89. The highest BCUT2D eigenvalue weighted by atomic mass is 32.2. The number of amides is 1. The highest BCUT2D eigenvalue weighted by molar-refractivity contribution is 7.88. The molecule has 0 saturated carbocycles. The van der Waals surface area contributed by atoms with Crippen molar-refractivity contribution in [2.45, 2.75) is 32.9 Å². The van der Waals surface area contributed by atoms with E-state index in [0.717, 1.165) is 17.9 Å². The number of hydrogen-bond donors (Lipinski definition) is 1. The van der Waals surface area contributed by atoms with Gasteiger partial charge in [0.05, 0.1) is 18.8 Å². The van der Waals surface area contributed by atoms with Gasteiger partial charge in [-0.2, -0.15) is 0 Å². The molecule has 0 bridgehead atoms. The predicted molar refractivity (Wildman–Crippen MR) is 72.4 cm³/mol. The fourth-order valence-electron chi connectivity index (χ4n) is 2.42. The maximum absolute atomic E-state index is 12.1. The lowest BCUT2D eigenvalue weighted by atomic mass is 10.2. The first-order chi connectivity index (χ1) is 9.28. The van der Waals surface area contributed by atoms with Crippen molar-refractivity contribution < 1.29 is 13.2 Å². The van der Waals surface area contributed by atoms with Gasteiger partial charge in [0.15, 0.2) is 5.82 Å². The number of nitrogens with zero attached hydrogens (tertiary/aromatic N) is 4. The van der Waals surface area contributed by atoms with Crippen LogP contribution in [-0.4, -0.2) is 53.3 Å². The Morgan fingerprint density at radius 1 is 1.45 bits per heavy atom. The first kappa shape index (κ1) is 14.9. The van der Waals surface area contributed by atoms with E-state index in [2.05, 4.69) is 14.9 Å². The maximum atomic E-state index is 12.1. The van der Waals surface area contributed by atoms with Gasteiger partial charge in [0.1, 0.15) is 5.82 Å². The lowest BCUT2D eigenvalue weighted by molar-refractivity contribution is -0.133. The number of rotatable bonds is 4. The number of hydrogen-bond acceptors (Lipinski definition) is 5. The van der Waals surface area contributed by atoms with Gasteiger partial charge in [-0.25, -0.2) is 13.1 Å². The molecular formula is C11H19N5O3S. The molecule has 0 radical (unpaired) electrons. The van der Waals surface area contributed by atoms with E-state index < -0.39 is 10.0 Å². The number of aryl methyl sites for hydroxylation is 1. The quantitative estimate of drug-likeness (QED) is 0.803. The van der Waals surface area contributed by atoms with E-state index in [-0.39, 0.29) is 24.9 Å². The lowest BCUT2D eigenvalue weighted by Crippen LogP contribution is -2.41. The zero-order chi connectivity index (χ0) is 14.9. The molecule has 0 fully saturated rings. The van der Waals surface area contributed by atoms with Gasteiger partial charge >= 0.3 is 0 Å². The molecule has 1 N–H and O–H groups in total. The summed E-state index contributed by atoms with van der Waals surface area (Å²) in [4.78, 5) is 13.8. The SMILES string of the molecule is Cc1nnc2n1[C@H](C)CN(C(=O)CCNS(C)(=O)=O)C2. The van der Waals surface area contributed by atoms with E-state index in [1.165, 1.54) is 0 Å². The second-order valence-corrected chi connectivity index (χ2v) is 6.91. The Hall–Kier alpha value is -1.48. The average Bonchev–Trinajstić information content (AvgIpc) is 2.69. The van der Waals surface area contributed by atoms with Crippen molar-refractivity contribution in [1.29, 1.82) is 0 Å². The second kappa shape index (κ2) is 5.49. The van der Waals surface area contributed by atoms with Crippen LogP contribution in [0.3, 0.4) is 0 Å². The van der Waals surface area contributed by atoms with E-state index in [1.807, 2.05) is 18.4 Å². The van der Waals surface area contributed by atoms with Crippen LogP contribution in [0.4, 0.5) is 0 Å². The number of sulfonamides is 1. The van der Waals surface area contributed by atoms with Crippen LogP contribution in [0.5, 0.6) is 0 Å². The molecule has 0 unspecified atom stereocenters.